The predicted octanol–water partition coefficient (Wildman–Crippen LogP) is 1.77. The van der Waals surface area contributed by atoms with Gasteiger partial charge in [-0.3, -0.25) is 4.72 Å². The van der Waals surface area contributed by atoms with Crippen LogP contribution in [0.2, 0.25) is 0 Å². The van der Waals surface area contributed by atoms with Crippen molar-refractivity contribution in [2.75, 3.05) is 10.5 Å². The molecule has 5 heteroatoms. The summed E-state index contributed by atoms with van der Waals surface area (Å²) < 4.78 is 25.2. The Morgan fingerprint density at radius 2 is 1.87 bits per heavy atom. The van der Waals surface area contributed by atoms with Gasteiger partial charge < -0.3 is 5.11 Å². The van der Waals surface area contributed by atoms with E-state index in [2.05, 4.69) is 4.72 Å². The highest BCUT2D eigenvalue weighted by Crippen LogP contribution is 2.26. The number of hydrogen-bond donors (Lipinski definition) is 2. The highest BCUT2D eigenvalue weighted by atomic mass is 32.2. The van der Waals surface area contributed by atoms with Gasteiger partial charge in [-0.1, -0.05) is 0 Å². The van der Waals surface area contributed by atoms with Crippen molar-refractivity contribution in [3.63, 3.8) is 0 Å². The lowest BCUT2D eigenvalue weighted by atomic mass is 10.1. The first-order chi connectivity index (χ1) is 6.87. The summed E-state index contributed by atoms with van der Waals surface area (Å²) in [6, 6.07) is 3.04. The van der Waals surface area contributed by atoms with Crippen molar-refractivity contribution in [1.29, 1.82) is 0 Å². The lowest BCUT2D eigenvalue weighted by molar-refractivity contribution is 0.470. The van der Waals surface area contributed by atoms with Gasteiger partial charge in [0.25, 0.3) is 0 Å². The van der Waals surface area contributed by atoms with E-state index in [0.717, 1.165) is 5.56 Å². The van der Waals surface area contributed by atoms with Crippen LogP contribution in [0.25, 0.3) is 0 Å². The summed E-state index contributed by atoms with van der Waals surface area (Å²) in [6.45, 7) is 5.09. The van der Waals surface area contributed by atoms with Crippen LogP contribution in [0.4, 0.5) is 5.69 Å². The molecule has 0 aliphatic carbocycles. The van der Waals surface area contributed by atoms with Gasteiger partial charge in [0.05, 0.1) is 11.4 Å². The van der Waals surface area contributed by atoms with E-state index in [1.54, 1.807) is 26.8 Å². The normalized spacial score (nSPS) is 11.4. The third kappa shape index (κ3) is 2.62. The lowest BCUT2D eigenvalue weighted by Gasteiger charge is -2.11. The maximum atomic E-state index is 11.3. The van der Waals surface area contributed by atoms with Gasteiger partial charge in [-0.25, -0.2) is 8.42 Å². The number of benzene rings is 1. The molecular formula is C10H15NO3S. The van der Waals surface area contributed by atoms with E-state index in [0.29, 0.717) is 11.3 Å². The first-order valence-electron chi connectivity index (χ1n) is 4.67. The van der Waals surface area contributed by atoms with Gasteiger partial charge in [0.1, 0.15) is 5.75 Å². The topological polar surface area (TPSA) is 66.4 Å². The summed E-state index contributed by atoms with van der Waals surface area (Å²) in [5.74, 6) is 0.207. The van der Waals surface area contributed by atoms with Crippen LogP contribution >= 0.6 is 0 Å². The Morgan fingerprint density at radius 1 is 1.27 bits per heavy atom. The van der Waals surface area contributed by atoms with Crippen LogP contribution < -0.4 is 4.72 Å². The number of phenols is 1. The molecule has 0 amide bonds. The fourth-order valence-corrected chi connectivity index (χ4v) is 1.86. The zero-order chi connectivity index (χ0) is 11.6. The molecule has 0 bridgehead atoms. The fraction of sp³-hybridized carbons (Fsp3) is 0.400. The quantitative estimate of drug-likeness (QED) is 0.776. The number of sulfonamides is 1. The van der Waals surface area contributed by atoms with Crippen LogP contribution in [-0.2, 0) is 10.0 Å². The number of nitrogens with one attached hydrogen (secondary N) is 1. The Hall–Kier alpha value is -1.23. The van der Waals surface area contributed by atoms with Crippen molar-refractivity contribution in [2.24, 2.45) is 0 Å². The Kier molecular flexibility index (Phi) is 3.24. The fourth-order valence-electron chi connectivity index (χ4n) is 1.16. The molecule has 15 heavy (non-hydrogen) atoms. The molecule has 1 aromatic carbocycles. The van der Waals surface area contributed by atoms with E-state index >= 15 is 0 Å². The minimum absolute atomic E-state index is 0.0341. The van der Waals surface area contributed by atoms with E-state index in [-0.39, 0.29) is 11.5 Å². The van der Waals surface area contributed by atoms with E-state index in [1.807, 2.05) is 0 Å². The van der Waals surface area contributed by atoms with Gasteiger partial charge in [0.2, 0.25) is 10.0 Å². The molecule has 0 fully saturated rings. The molecule has 4 nitrogen and oxygen atoms in total. The van der Waals surface area contributed by atoms with Gasteiger partial charge in [0.15, 0.2) is 0 Å². The zero-order valence-corrected chi connectivity index (χ0v) is 9.85. The number of rotatable bonds is 3. The maximum absolute atomic E-state index is 11.3. The molecule has 0 spiro atoms. The van der Waals surface area contributed by atoms with Gasteiger partial charge in [-0.2, -0.15) is 0 Å². The molecule has 0 aromatic heterocycles. The van der Waals surface area contributed by atoms with Crippen molar-refractivity contribution in [2.45, 2.75) is 20.8 Å². The smallest absolute Gasteiger partial charge is 0.232 e. The molecule has 0 radical (unpaired) electrons. The summed E-state index contributed by atoms with van der Waals surface area (Å²) in [7, 11) is -3.26. The first kappa shape index (κ1) is 11.8. The third-order valence-electron chi connectivity index (χ3n) is 2.40. The number of aromatic hydroxyl groups is 1. The monoisotopic (exact) mass is 229 g/mol. The molecular weight excluding hydrogens is 214 g/mol. The number of anilines is 1. The molecule has 1 aromatic rings. The molecule has 0 aliphatic heterocycles. The Labute approximate surface area is 90.0 Å². The molecule has 0 atom stereocenters. The van der Waals surface area contributed by atoms with Crippen LogP contribution in [0.15, 0.2) is 12.1 Å². The van der Waals surface area contributed by atoms with Crippen LogP contribution in [0.1, 0.15) is 18.1 Å². The molecule has 2 N–H and O–H groups in total. The van der Waals surface area contributed by atoms with E-state index in [4.69, 9.17) is 0 Å². The van der Waals surface area contributed by atoms with Crippen LogP contribution in [0.3, 0.4) is 0 Å². The van der Waals surface area contributed by atoms with Crippen molar-refractivity contribution in [3.8, 4) is 5.75 Å². The second-order valence-electron chi connectivity index (χ2n) is 3.39. The van der Waals surface area contributed by atoms with Crippen molar-refractivity contribution in [1.82, 2.24) is 0 Å². The third-order valence-corrected chi connectivity index (χ3v) is 3.70. The second kappa shape index (κ2) is 4.10. The highest BCUT2D eigenvalue weighted by Gasteiger charge is 2.11. The summed E-state index contributed by atoms with van der Waals surface area (Å²) in [5, 5.41) is 9.40. The second-order valence-corrected chi connectivity index (χ2v) is 5.40. The average Bonchev–Trinajstić information content (AvgIpc) is 2.19. The standard InChI is InChI=1S/C10H15NO3S/c1-4-15(13,14)11-9-5-6-10(12)8(3)7(9)2/h5-6,11-12H,4H2,1-3H3. The van der Waals surface area contributed by atoms with Crippen LogP contribution in [0.5, 0.6) is 5.75 Å². The first-order valence-corrected chi connectivity index (χ1v) is 6.32. The molecule has 0 unspecified atom stereocenters. The van der Waals surface area contributed by atoms with E-state index < -0.39 is 10.0 Å². The molecule has 1 rings (SSSR count). The van der Waals surface area contributed by atoms with Gasteiger partial charge in [-0.15, -0.1) is 0 Å². The maximum Gasteiger partial charge on any atom is 0.232 e. The van der Waals surface area contributed by atoms with Crippen LogP contribution in [-0.4, -0.2) is 19.3 Å². The summed E-state index contributed by atoms with van der Waals surface area (Å²) >= 11 is 0. The van der Waals surface area contributed by atoms with E-state index in [9.17, 15) is 13.5 Å². The van der Waals surface area contributed by atoms with Gasteiger partial charge in [-0.05, 0) is 44.0 Å². The predicted molar refractivity (Wildman–Crippen MR) is 60.7 cm³/mol. The van der Waals surface area contributed by atoms with E-state index in [1.165, 1.54) is 6.07 Å². The van der Waals surface area contributed by atoms with Gasteiger partial charge in [0, 0.05) is 0 Å². The largest absolute Gasteiger partial charge is 0.508 e. The molecule has 0 saturated heterocycles. The van der Waals surface area contributed by atoms with Crippen molar-refractivity contribution < 1.29 is 13.5 Å². The van der Waals surface area contributed by atoms with Crippen molar-refractivity contribution >= 4 is 15.7 Å². The summed E-state index contributed by atoms with van der Waals surface area (Å²) in [5.41, 5.74) is 1.95. The minimum atomic E-state index is -3.26. The summed E-state index contributed by atoms with van der Waals surface area (Å²) in [4.78, 5) is 0. The molecule has 84 valence electrons. The van der Waals surface area contributed by atoms with Gasteiger partial charge >= 0.3 is 0 Å². The Morgan fingerprint density at radius 3 is 2.40 bits per heavy atom. The SMILES string of the molecule is CCS(=O)(=O)Nc1ccc(O)c(C)c1C. The minimum Gasteiger partial charge on any atom is -0.508 e. The zero-order valence-electron chi connectivity index (χ0n) is 9.03. The lowest BCUT2D eigenvalue weighted by Crippen LogP contribution is -2.15. The molecule has 0 saturated carbocycles. The Bertz CT molecular complexity index is 466. The summed E-state index contributed by atoms with van der Waals surface area (Å²) in [6.07, 6.45) is 0. The highest BCUT2D eigenvalue weighted by molar-refractivity contribution is 7.92. The Balaban J connectivity index is 3.13. The number of phenolic OH excluding ortho intramolecular Hbond substituents is 1. The van der Waals surface area contributed by atoms with Crippen LogP contribution in [0, 0.1) is 13.8 Å². The average molecular weight is 229 g/mol. The molecule has 0 aliphatic rings. The number of hydrogen-bond acceptors (Lipinski definition) is 3. The van der Waals surface area contributed by atoms with Crippen molar-refractivity contribution in [3.05, 3.63) is 23.3 Å². The molecule has 0 heterocycles.